The van der Waals surface area contributed by atoms with E-state index in [1.807, 2.05) is 13.2 Å². The first-order valence-electron chi connectivity index (χ1n) is 5.23. The molecule has 0 aromatic heterocycles. The Balaban J connectivity index is -0.0000000810. The summed E-state index contributed by atoms with van der Waals surface area (Å²) in [4.78, 5) is 0. The first-order valence-corrected chi connectivity index (χ1v) is 5.23. The molecule has 0 N–H and O–H groups in total. The number of hydrogen-bond acceptors (Lipinski definition) is 2. The summed E-state index contributed by atoms with van der Waals surface area (Å²) < 4.78 is 10.2. The Hall–Kier alpha value is 1.30. The molecule has 0 radical (unpaired) electrons. The van der Waals surface area contributed by atoms with Crippen LogP contribution in [0.5, 0.6) is 0 Å². The molecule has 0 aliphatic carbocycles. The molecule has 2 aliphatic heterocycles. The van der Waals surface area contributed by atoms with Gasteiger partial charge in [-0.3, -0.25) is 0 Å². The summed E-state index contributed by atoms with van der Waals surface area (Å²) in [5.74, 6) is 0. The summed E-state index contributed by atoms with van der Waals surface area (Å²) in [6.45, 7) is 7.98. The van der Waals surface area contributed by atoms with Crippen LogP contribution in [0.25, 0.3) is 0 Å². The summed E-state index contributed by atoms with van der Waals surface area (Å²) in [6.07, 6.45) is 7.00. The minimum Gasteiger partial charge on any atom is -0.550 e. The zero-order valence-electron chi connectivity index (χ0n) is 9.48. The summed E-state index contributed by atoms with van der Waals surface area (Å²) >= 11 is 0. The molecular weight excluding hydrogens is 556 g/mol. The van der Waals surface area contributed by atoms with Crippen LogP contribution in [0.3, 0.4) is 0 Å². The standard InChI is InChI=1S/C6H11O.C5H9O.2CH4.2W/c1-6-4-2-3-5-7-6;1-5-3-2-4-6-5;;;;/h5-6H,2-4H2,1H3;4-5H,2-3H2,1H3;2*1H4;;/q2*-1;;;;. The van der Waals surface area contributed by atoms with Crippen molar-refractivity contribution in [2.45, 2.75) is 73.0 Å². The average Bonchev–Trinajstić information content (AvgIpc) is 2.58. The predicted molar refractivity (Wildman–Crippen MR) is 66.2 cm³/mol. The summed E-state index contributed by atoms with van der Waals surface area (Å²) in [6, 6.07) is 0. The molecule has 2 nitrogen and oxygen atoms in total. The molecule has 2 atom stereocenters. The summed E-state index contributed by atoms with van der Waals surface area (Å²) in [5, 5.41) is 0. The monoisotopic (exact) mass is 584 g/mol. The second-order valence-electron chi connectivity index (χ2n) is 3.73. The minimum atomic E-state index is 0. The van der Waals surface area contributed by atoms with E-state index in [1.165, 1.54) is 19.3 Å². The second kappa shape index (κ2) is 17.3. The zero-order valence-corrected chi connectivity index (χ0v) is 15.3. The van der Waals surface area contributed by atoms with E-state index >= 15 is 0 Å². The molecule has 4 heteroatoms. The molecule has 2 unspecified atom stereocenters. The van der Waals surface area contributed by atoms with Gasteiger partial charge in [-0.25, -0.2) is 13.2 Å². The number of ether oxygens (including phenoxy) is 2. The summed E-state index contributed by atoms with van der Waals surface area (Å²) in [7, 11) is 0. The van der Waals surface area contributed by atoms with Gasteiger partial charge in [0.05, 0.1) is 0 Å². The van der Waals surface area contributed by atoms with Crippen LogP contribution in [0.15, 0.2) is 0 Å². The molecule has 0 saturated carbocycles. The molecule has 0 bridgehead atoms. The summed E-state index contributed by atoms with van der Waals surface area (Å²) in [5.41, 5.74) is 0. The SMILES string of the molecule is C.C.CC1CCC[CH-]O1.CC1CC[CH-]O1.[W].[W]. The van der Waals surface area contributed by atoms with Gasteiger partial charge in [-0.2, -0.15) is 12.8 Å². The van der Waals surface area contributed by atoms with Crippen molar-refractivity contribution in [2.75, 3.05) is 0 Å². The third-order valence-electron chi connectivity index (χ3n) is 2.28. The van der Waals surface area contributed by atoms with E-state index in [2.05, 4.69) is 13.8 Å². The van der Waals surface area contributed by atoms with Crippen LogP contribution < -0.4 is 0 Å². The molecule has 0 aromatic rings. The van der Waals surface area contributed by atoms with Gasteiger partial charge < -0.3 is 9.47 Å². The first-order chi connectivity index (χ1) is 6.29. The quantitative estimate of drug-likeness (QED) is 0.395. The average molecular weight is 584 g/mol. The number of rotatable bonds is 0. The van der Waals surface area contributed by atoms with Crippen molar-refractivity contribution in [2.24, 2.45) is 0 Å². The maximum Gasteiger partial charge on any atom is 0.0200 e. The van der Waals surface area contributed by atoms with E-state index in [0.29, 0.717) is 12.2 Å². The molecule has 0 amide bonds. The van der Waals surface area contributed by atoms with Gasteiger partial charge in [0.25, 0.3) is 0 Å². The molecule has 0 spiro atoms. The van der Waals surface area contributed by atoms with Crippen LogP contribution in [-0.2, 0) is 51.6 Å². The van der Waals surface area contributed by atoms with Gasteiger partial charge in [0.1, 0.15) is 0 Å². The predicted octanol–water partition coefficient (Wildman–Crippen LogP) is 4.35. The fourth-order valence-corrected chi connectivity index (χ4v) is 1.39. The Morgan fingerprint density at radius 1 is 0.824 bits per heavy atom. The van der Waals surface area contributed by atoms with Gasteiger partial charge in [-0.15, -0.1) is 0 Å². The van der Waals surface area contributed by atoms with E-state index in [9.17, 15) is 0 Å². The Kier molecular flexibility index (Phi) is 27.2. The molecule has 0 aromatic carbocycles. The van der Waals surface area contributed by atoms with Crippen LogP contribution in [0.1, 0.15) is 60.8 Å². The van der Waals surface area contributed by atoms with Gasteiger partial charge in [0, 0.05) is 54.3 Å². The third-order valence-corrected chi connectivity index (χ3v) is 2.28. The normalized spacial score (nSPS) is 25.8. The van der Waals surface area contributed by atoms with Crippen molar-refractivity contribution in [3.8, 4) is 0 Å². The van der Waals surface area contributed by atoms with Crippen molar-refractivity contribution in [3.63, 3.8) is 0 Å². The fraction of sp³-hybridized carbons (Fsp3) is 0.846. The molecule has 2 heterocycles. The molecule has 2 saturated heterocycles. The Morgan fingerprint density at radius 3 is 1.47 bits per heavy atom. The maximum atomic E-state index is 5.15. The smallest absolute Gasteiger partial charge is 0.0200 e. The first kappa shape index (κ1) is 26.8. The van der Waals surface area contributed by atoms with Gasteiger partial charge >= 0.3 is 0 Å². The van der Waals surface area contributed by atoms with E-state index in [4.69, 9.17) is 9.47 Å². The molecule has 2 rings (SSSR count). The minimum absolute atomic E-state index is 0. The van der Waals surface area contributed by atoms with Crippen LogP contribution in [-0.4, -0.2) is 12.2 Å². The van der Waals surface area contributed by atoms with Crippen molar-refractivity contribution in [1.29, 1.82) is 0 Å². The van der Waals surface area contributed by atoms with Gasteiger partial charge in [-0.05, 0) is 20.3 Å². The molecule has 17 heavy (non-hydrogen) atoms. The van der Waals surface area contributed by atoms with Crippen molar-refractivity contribution in [1.82, 2.24) is 0 Å². The zero-order chi connectivity index (χ0) is 9.52. The van der Waals surface area contributed by atoms with E-state index in [1.54, 1.807) is 0 Å². The van der Waals surface area contributed by atoms with E-state index in [0.717, 1.165) is 12.8 Å². The molecule has 106 valence electrons. The number of hydrogen-bond donors (Lipinski definition) is 0. The van der Waals surface area contributed by atoms with Crippen molar-refractivity contribution < 1.29 is 51.6 Å². The van der Waals surface area contributed by atoms with Crippen LogP contribution in [0.4, 0.5) is 0 Å². The Morgan fingerprint density at radius 2 is 1.29 bits per heavy atom. The topological polar surface area (TPSA) is 18.5 Å². The van der Waals surface area contributed by atoms with Crippen molar-refractivity contribution >= 4 is 0 Å². The van der Waals surface area contributed by atoms with E-state index < -0.39 is 0 Å². The molecular formula is C13H28O2W2-2. The van der Waals surface area contributed by atoms with Gasteiger partial charge in [0.2, 0.25) is 0 Å². The van der Waals surface area contributed by atoms with Crippen LogP contribution >= 0.6 is 0 Å². The third kappa shape index (κ3) is 15.2. The maximum absolute atomic E-state index is 5.15. The van der Waals surface area contributed by atoms with Gasteiger partial charge in [0.15, 0.2) is 0 Å². The van der Waals surface area contributed by atoms with Gasteiger partial charge in [-0.1, -0.05) is 27.7 Å². The molecule has 2 fully saturated rings. The largest absolute Gasteiger partial charge is 0.550 e. The van der Waals surface area contributed by atoms with E-state index in [-0.39, 0.29) is 57.0 Å². The van der Waals surface area contributed by atoms with Crippen LogP contribution in [0.2, 0.25) is 0 Å². The van der Waals surface area contributed by atoms with Crippen LogP contribution in [0, 0.1) is 13.2 Å². The van der Waals surface area contributed by atoms with Crippen molar-refractivity contribution in [3.05, 3.63) is 13.2 Å². The molecule has 2 aliphatic rings. The fourth-order valence-electron chi connectivity index (χ4n) is 1.39. The Labute approximate surface area is 137 Å². The Bertz CT molecular complexity index is 123. The second-order valence-corrected chi connectivity index (χ2v) is 3.73.